The van der Waals surface area contributed by atoms with Crippen molar-refractivity contribution in [3.05, 3.63) is 78.4 Å². The molecule has 158 valence electrons. The fraction of sp³-hybridized carbons (Fsp3) is 0.222. The van der Waals surface area contributed by atoms with Gasteiger partial charge in [0.05, 0.1) is 11.2 Å². The number of hydrogen-bond acceptors (Lipinski definition) is 4. The van der Waals surface area contributed by atoms with Gasteiger partial charge >= 0.3 is 0 Å². The predicted molar refractivity (Wildman–Crippen MR) is 129 cm³/mol. The summed E-state index contributed by atoms with van der Waals surface area (Å²) < 4.78 is 2.14. The van der Waals surface area contributed by atoms with Gasteiger partial charge in [-0.25, -0.2) is 15.0 Å². The van der Waals surface area contributed by atoms with Gasteiger partial charge in [-0.3, -0.25) is 4.40 Å². The van der Waals surface area contributed by atoms with Gasteiger partial charge in [-0.1, -0.05) is 49.4 Å². The van der Waals surface area contributed by atoms with Crippen LogP contribution in [0.2, 0.25) is 0 Å². The van der Waals surface area contributed by atoms with Crippen molar-refractivity contribution in [3.8, 4) is 22.5 Å². The molecule has 3 heterocycles. The molecule has 0 unspecified atom stereocenters. The lowest BCUT2D eigenvalue weighted by Gasteiger charge is -2.31. The van der Waals surface area contributed by atoms with Crippen molar-refractivity contribution >= 4 is 22.2 Å². The first-order valence-corrected chi connectivity index (χ1v) is 11.2. The second-order valence-electron chi connectivity index (χ2n) is 9.05. The number of pyridine rings is 1. The third-order valence-corrected chi connectivity index (χ3v) is 6.71. The number of rotatable bonds is 3. The van der Waals surface area contributed by atoms with Gasteiger partial charge in [0.25, 0.3) is 0 Å². The first-order chi connectivity index (χ1) is 15.6. The monoisotopic (exact) mass is 419 g/mol. The second-order valence-corrected chi connectivity index (χ2v) is 9.05. The van der Waals surface area contributed by atoms with Crippen molar-refractivity contribution in [3.63, 3.8) is 0 Å². The van der Waals surface area contributed by atoms with E-state index in [2.05, 4.69) is 59.6 Å². The molecular weight excluding hydrogens is 394 g/mol. The summed E-state index contributed by atoms with van der Waals surface area (Å²) in [5, 5.41) is 1.15. The molecule has 0 atom stereocenters. The van der Waals surface area contributed by atoms with Crippen molar-refractivity contribution in [2.45, 2.75) is 32.6 Å². The molecule has 1 aliphatic carbocycles. The van der Waals surface area contributed by atoms with Crippen molar-refractivity contribution in [1.82, 2.24) is 19.4 Å². The van der Waals surface area contributed by atoms with Gasteiger partial charge in [0.15, 0.2) is 0 Å². The van der Waals surface area contributed by atoms with E-state index in [-0.39, 0.29) is 0 Å². The van der Waals surface area contributed by atoms with Gasteiger partial charge in [-0.15, -0.1) is 0 Å². The summed E-state index contributed by atoms with van der Waals surface area (Å²) in [6.45, 7) is 4.44. The van der Waals surface area contributed by atoms with E-state index in [1.54, 1.807) is 6.20 Å². The molecule has 6 rings (SSSR count). The Hall–Kier alpha value is -3.73. The Morgan fingerprint density at radius 3 is 2.56 bits per heavy atom. The number of nitrogen functional groups attached to an aromatic ring is 1. The highest BCUT2D eigenvalue weighted by Crippen LogP contribution is 2.43. The molecule has 2 aromatic carbocycles. The van der Waals surface area contributed by atoms with Crippen LogP contribution in [0.4, 0.5) is 5.82 Å². The lowest BCUT2D eigenvalue weighted by molar-refractivity contribution is 0.277. The van der Waals surface area contributed by atoms with Crippen LogP contribution in [0.25, 0.3) is 38.9 Å². The smallest absolute Gasteiger partial charge is 0.150 e. The highest BCUT2D eigenvalue weighted by atomic mass is 15.1. The van der Waals surface area contributed by atoms with Gasteiger partial charge < -0.3 is 5.73 Å². The Morgan fingerprint density at radius 1 is 0.969 bits per heavy atom. The normalized spacial score (nSPS) is 18.2. The van der Waals surface area contributed by atoms with Crippen molar-refractivity contribution in [2.75, 3.05) is 5.73 Å². The summed E-state index contributed by atoms with van der Waals surface area (Å²) in [7, 11) is 0. The minimum absolute atomic E-state index is 0.471. The molecule has 1 saturated carbocycles. The van der Waals surface area contributed by atoms with Gasteiger partial charge in [-0.05, 0) is 43.4 Å². The Morgan fingerprint density at radius 2 is 1.78 bits per heavy atom. The lowest BCUT2D eigenvalue weighted by atomic mass is 9.76. The predicted octanol–water partition coefficient (Wildman–Crippen LogP) is 6.02. The van der Waals surface area contributed by atoms with Crippen molar-refractivity contribution in [1.29, 1.82) is 0 Å². The van der Waals surface area contributed by atoms with E-state index in [1.165, 1.54) is 18.4 Å². The first-order valence-electron chi connectivity index (χ1n) is 11.2. The third-order valence-electron chi connectivity index (χ3n) is 6.71. The number of nitrogens with two attached hydrogens (primary N) is 1. The van der Waals surface area contributed by atoms with Crippen molar-refractivity contribution < 1.29 is 0 Å². The molecule has 0 amide bonds. The van der Waals surface area contributed by atoms with Gasteiger partial charge in [0.1, 0.15) is 22.9 Å². The minimum Gasteiger partial charge on any atom is -0.382 e. The van der Waals surface area contributed by atoms with Crippen LogP contribution >= 0.6 is 0 Å². The maximum atomic E-state index is 6.34. The number of hydrogen-bond donors (Lipinski definition) is 1. The molecule has 5 nitrogen and oxygen atoms in total. The Bertz CT molecular complexity index is 1460. The van der Waals surface area contributed by atoms with Crippen LogP contribution in [0.3, 0.4) is 0 Å². The molecule has 2 N–H and O–H groups in total. The number of fused-ring (bicyclic) bond motifs is 2. The number of aromatic nitrogens is 4. The van der Waals surface area contributed by atoms with Gasteiger partial charge in [-0.2, -0.15) is 0 Å². The summed E-state index contributed by atoms with van der Waals surface area (Å²) in [4.78, 5) is 14.5. The highest BCUT2D eigenvalue weighted by Gasteiger charge is 2.31. The average Bonchev–Trinajstić information content (AvgIpc) is 3.18. The molecule has 1 fully saturated rings. The van der Waals surface area contributed by atoms with Crippen LogP contribution in [0.1, 0.15) is 37.1 Å². The van der Waals surface area contributed by atoms with Crippen molar-refractivity contribution in [2.24, 2.45) is 5.92 Å². The Kier molecular flexibility index (Phi) is 4.25. The largest absolute Gasteiger partial charge is 0.382 e. The molecule has 0 saturated heterocycles. The SMILES string of the molecule is Cc1cc(-c2ccccc2)nc2cc(-c3nc([C@H]4C[C@@H](C)C4)n4ccnc(N)c34)ccc12. The maximum Gasteiger partial charge on any atom is 0.150 e. The fourth-order valence-corrected chi connectivity index (χ4v) is 5.00. The zero-order valence-electron chi connectivity index (χ0n) is 18.3. The first kappa shape index (κ1) is 19.0. The lowest BCUT2D eigenvalue weighted by Crippen LogP contribution is -2.21. The van der Waals surface area contributed by atoms with Crippen LogP contribution < -0.4 is 5.73 Å². The van der Waals surface area contributed by atoms with Crippen LogP contribution in [0, 0.1) is 12.8 Å². The number of aryl methyl sites for hydroxylation is 1. The quantitative estimate of drug-likeness (QED) is 0.388. The van der Waals surface area contributed by atoms with Crippen LogP contribution in [-0.4, -0.2) is 19.4 Å². The van der Waals surface area contributed by atoms with E-state index in [0.717, 1.165) is 50.7 Å². The molecule has 0 radical (unpaired) electrons. The van der Waals surface area contributed by atoms with Gasteiger partial charge in [0, 0.05) is 34.8 Å². The zero-order valence-corrected chi connectivity index (χ0v) is 18.3. The maximum absolute atomic E-state index is 6.34. The Labute approximate surface area is 187 Å². The molecule has 3 aromatic heterocycles. The zero-order chi connectivity index (χ0) is 21.8. The standard InChI is InChI=1S/C27H25N5/c1-16-12-20(13-16)27-31-24(25-26(28)29-10-11-32(25)27)19-8-9-21-17(2)14-22(30-23(21)15-19)18-6-4-3-5-7-18/h3-11,14-16,20H,12-13H2,1-2H3,(H2,28,29)/t16-,20+. The topological polar surface area (TPSA) is 69.1 Å². The molecule has 0 bridgehead atoms. The van der Waals surface area contributed by atoms with E-state index in [4.69, 9.17) is 15.7 Å². The average molecular weight is 420 g/mol. The number of benzene rings is 2. The molecular formula is C27H25N5. The minimum atomic E-state index is 0.471. The molecule has 5 aromatic rings. The summed E-state index contributed by atoms with van der Waals surface area (Å²) in [6, 6.07) is 18.9. The fourth-order valence-electron chi connectivity index (χ4n) is 5.00. The van der Waals surface area contributed by atoms with Crippen LogP contribution in [-0.2, 0) is 0 Å². The number of anilines is 1. The molecule has 1 aliphatic rings. The van der Waals surface area contributed by atoms with E-state index < -0.39 is 0 Å². The second kappa shape index (κ2) is 7.16. The number of imidazole rings is 1. The summed E-state index contributed by atoms with van der Waals surface area (Å²) in [6.07, 6.45) is 6.08. The molecule has 0 spiro atoms. The molecule has 32 heavy (non-hydrogen) atoms. The van der Waals surface area contributed by atoms with E-state index in [9.17, 15) is 0 Å². The Balaban J connectivity index is 1.54. The highest BCUT2D eigenvalue weighted by molar-refractivity contribution is 5.92. The summed E-state index contributed by atoms with van der Waals surface area (Å²) >= 11 is 0. The number of nitrogens with zero attached hydrogens (tertiary/aromatic N) is 4. The van der Waals surface area contributed by atoms with E-state index in [0.29, 0.717) is 11.7 Å². The van der Waals surface area contributed by atoms with Crippen LogP contribution in [0.5, 0.6) is 0 Å². The van der Waals surface area contributed by atoms with E-state index in [1.807, 2.05) is 24.4 Å². The van der Waals surface area contributed by atoms with Crippen LogP contribution in [0.15, 0.2) is 67.0 Å². The van der Waals surface area contributed by atoms with Gasteiger partial charge in [0.2, 0.25) is 0 Å². The molecule has 5 heteroatoms. The summed E-state index contributed by atoms with van der Waals surface area (Å²) in [5.41, 5.74) is 13.4. The summed E-state index contributed by atoms with van der Waals surface area (Å²) in [5.74, 6) is 2.82. The third kappa shape index (κ3) is 2.96. The molecule has 0 aliphatic heterocycles. The van der Waals surface area contributed by atoms with E-state index >= 15 is 0 Å².